The Balaban J connectivity index is 1.90. The summed E-state index contributed by atoms with van der Waals surface area (Å²) in [6, 6.07) is 10.0. The van der Waals surface area contributed by atoms with Gasteiger partial charge in [-0.25, -0.2) is 4.98 Å². The van der Waals surface area contributed by atoms with Crippen LogP contribution in [-0.2, 0) is 0 Å². The van der Waals surface area contributed by atoms with Crippen LogP contribution in [-0.4, -0.2) is 15.7 Å². The first-order valence-electron chi connectivity index (χ1n) is 5.45. The van der Waals surface area contributed by atoms with Gasteiger partial charge in [-0.3, -0.25) is 0 Å². The zero-order chi connectivity index (χ0) is 12.1. The van der Waals surface area contributed by atoms with E-state index in [4.69, 9.17) is 0 Å². The molecule has 2 aromatic rings. The third-order valence-corrected chi connectivity index (χ3v) is 3.15. The minimum absolute atomic E-state index is 0.751. The van der Waals surface area contributed by atoms with Crippen molar-refractivity contribution in [3.05, 3.63) is 47.3 Å². The molecule has 1 heterocycles. The maximum Gasteiger partial charge on any atom is 0.166 e. The topological polar surface area (TPSA) is 28.7 Å². The average Bonchev–Trinajstić information content (AvgIpc) is 2.66. The molecule has 0 bridgehead atoms. The average molecular weight is 242 g/mol. The lowest BCUT2D eigenvalue weighted by molar-refractivity contribution is 1.04. The highest BCUT2D eigenvalue weighted by atomic mass is 32.2. The number of H-pyrrole nitrogens is 1. The van der Waals surface area contributed by atoms with Gasteiger partial charge in [0.25, 0.3) is 0 Å². The fourth-order valence-electron chi connectivity index (χ4n) is 1.35. The van der Waals surface area contributed by atoms with Gasteiger partial charge in [-0.15, -0.1) is 0 Å². The van der Waals surface area contributed by atoms with Gasteiger partial charge in [0.15, 0.2) is 5.16 Å². The number of nitrogens with one attached hydrogen (secondary N) is 1. The molecule has 0 spiro atoms. The summed E-state index contributed by atoms with van der Waals surface area (Å²) in [6.07, 6.45) is 0. The Bertz CT molecular complexity index is 527. The van der Waals surface area contributed by atoms with Crippen LogP contribution in [0.25, 0.3) is 0 Å². The molecule has 2 nitrogen and oxygen atoms in total. The summed E-state index contributed by atoms with van der Waals surface area (Å²) in [4.78, 5) is 7.62. The highest BCUT2D eigenvalue weighted by molar-refractivity contribution is 7.99. The molecule has 1 N–H and O–H groups in total. The van der Waals surface area contributed by atoms with Gasteiger partial charge < -0.3 is 4.98 Å². The summed E-state index contributed by atoms with van der Waals surface area (Å²) < 4.78 is 0. The van der Waals surface area contributed by atoms with Gasteiger partial charge in [-0.1, -0.05) is 41.8 Å². The van der Waals surface area contributed by atoms with Crippen LogP contribution in [0, 0.1) is 25.7 Å². The van der Waals surface area contributed by atoms with Crippen molar-refractivity contribution in [1.29, 1.82) is 0 Å². The summed E-state index contributed by atoms with van der Waals surface area (Å²) in [5.41, 5.74) is 3.24. The smallest absolute Gasteiger partial charge is 0.166 e. The highest BCUT2D eigenvalue weighted by Crippen LogP contribution is 2.15. The molecule has 2 rings (SSSR count). The first-order valence-corrected chi connectivity index (χ1v) is 6.44. The van der Waals surface area contributed by atoms with Crippen LogP contribution in [0.5, 0.6) is 0 Å². The number of hydrogen-bond acceptors (Lipinski definition) is 2. The van der Waals surface area contributed by atoms with Gasteiger partial charge in [-0.2, -0.15) is 0 Å². The van der Waals surface area contributed by atoms with Gasteiger partial charge >= 0.3 is 0 Å². The number of aryl methyl sites for hydroxylation is 2. The van der Waals surface area contributed by atoms with E-state index >= 15 is 0 Å². The highest BCUT2D eigenvalue weighted by Gasteiger charge is 2.00. The van der Waals surface area contributed by atoms with Gasteiger partial charge in [0.2, 0.25) is 0 Å². The molecule has 0 saturated carbocycles. The van der Waals surface area contributed by atoms with E-state index < -0.39 is 0 Å². The molecule has 0 radical (unpaired) electrons. The molecule has 1 aromatic heterocycles. The number of imidazole rings is 1. The lowest BCUT2D eigenvalue weighted by Crippen LogP contribution is -1.78. The van der Waals surface area contributed by atoms with Crippen molar-refractivity contribution < 1.29 is 0 Å². The first-order chi connectivity index (χ1) is 8.25. The molecule has 86 valence electrons. The maximum atomic E-state index is 4.39. The number of rotatable bonds is 2. The van der Waals surface area contributed by atoms with E-state index in [1.54, 1.807) is 11.8 Å². The van der Waals surface area contributed by atoms with Crippen LogP contribution in [0.15, 0.2) is 35.5 Å². The van der Waals surface area contributed by atoms with Crippen LogP contribution < -0.4 is 0 Å². The fraction of sp³-hybridized carbons (Fsp3) is 0.214. The van der Waals surface area contributed by atoms with Crippen molar-refractivity contribution in [2.45, 2.75) is 19.0 Å². The second-order valence-corrected chi connectivity index (χ2v) is 4.67. The Morgan fingerprint density at radius 2 is 2.00 bits per heavy atom. The van der Waals surface area contributed by atoms with E-state index in [9.17, 15) is 0 Å². The number of hydrogen-bond donors (Lipinski definition) is 1. The van der Waals surface area contributed by atoms with Crippen LogP contribution in [0.1, 0.15) is 17.0 Å². The third kappa shape index (κ3) is 3.40. The maximum absolute atomic E-state index is 4.39. The van der Waals surface area contributed by atoms with E-state index in [1.165, 1.54) is 0 Å². The van der Waals surface area contributed by atoms with Crippen LogP contribution in [0.2, 0.25) is 0 Å². The van der Waals surface area contributed by atoms with E-state index in [0.717, 1.165) is 27.9 Å². The normalized spacial score (nSPS) is 9.76. The quantitative estimate of drug-likeness (QED) is 0.647. The summed E-state index contributed by atoms with van der Waals surface area (Å²) in [6.45, 7) is 4.04. The first kappa shape index (κ1) is 11.8. The van der Waals surface area contributed by atoms with Gasteiger partial charge in [-0.05, 0) is 26.0 Å². The lowest BCUT2D eigenvalue weighted by atomic mass is 10.2. The van der Waals surface area contributed by atoms with Crippen molar-refractivity contribution in [1.82, 2.24) is 9.97 Å². The minimum atomic E-state index is 0.751. The number of aromatic nitrogens is 2. The summed E-state index contributed by atoms with van der Waals surface area (Å²) in [7, 11) is 0. The Labute approximate surface area is 106 Å². The number of thioether (sulfide) groups is 1. The van der Waals surface area contributed by atoms with E-state index in [-0.39, 0.29) is 0 Å². The third-order valence-electron chi connectivity index (χ3n) is 2.39. The number of benzene rings is 1. The second kappa shape index (κ2) is 5.60. The molecule has 0 unspecified atom stereocenters. The van der Waals surface area contributed by atoms with Gasteiger partial charge in [0, 0.05) is 11.3 Å². The SMILES string of the molecule is Cc1nc(SCC#Cc2ccccc2)[nH]c1C. The van der Waals surface area contributed by atoms with Crippen molar-refractivity contribution >= 4 is 11.8 Å². The van der Waals surface area contributed by atoms with Crippen LogP contribution >= 0.6 is 11.8 Å². The number of nitrogens with zero attached hydrogens (tertiary/aromatic N) is 1. The Kier molecular flexibility index (Phi) is 3.89. The Hall–Kier alpha value is -1.66. The molecular weight excluding hydrogens is 228 g/mol. The van der Waals surface area contributed by atoms with Crippen molar-refractivity contribution in [2.75, 3.05) is 5.75 Å². The molecule has 0 amide bonds. The van der Waals surface area contributed by atoms with Gasteiger partial charge in [0.1, 0.15) is 0 Å². The molecule has 1 aromatic carbocycles. The molecule has 3 heteroatoms. The molecule has 0 aliphatic carbocycles. The van der Waals surface area contributed by atoms with E-state index in [0.29, 0.717) is 0 Å². The van der Waals surface area contributed by atoms with Crippen LogP contribution in [0.4, 0.5) is 0 Å². The van der Waals surface area contributed by atoms with Crippen molar-refractivity contribution in [2.24, 2.45) is 0 Å². The van der Waals surface area contributed by atoms with Crippen molar-refractivity contribution in [3.8, 4) is 11.8 Å². The monoisotopic (exact) mass is 242 g/mol. The second-order valence-electron chi connectivity index (χ2n) is 3.71. The molecule has 0 atom stereocenters. The molecule has 0 fully saturated rings. The Morgan fingerprint density at radius 3 is 2.65 bits per heavy atom. The molecule has 0 aliphatic heterocycles. The van der Waals surface area contributed by atoms with E-state index in [1.807, 2.05) is 44.2 Å². The fourth-order valence-corrected chi connectivity index (χ4v) is 2.06. The molecular formula is C14H14N2S. The minimum Gasteiger partial charge on any atom is -0.337 e. The predicted octanol–water partition coefficient (Wildman–Crippen LogP) is 3.17. The van der Waals surface area contributed by atoms with Crippen LogP contribution in [0.3, 0.4) is 0 Å². The molecule has 17 heavy (non-hydrogen) atoms. The predicted molar refractivity (Wildman–Crippen MR) is 72.1 cm³/mol. The lowest BCUT2D eigenvalue weighted by Gasteiger charge is -1.89. The summed E-state index contributed by atoms with van der Waals surface area (Å²) in [5.74, 6) is 7.01. The molecule has 0 saturated heterocycles. The summed E-state index contributed by atoms with van der Waals surface area (Å²) >= 11 is 1.63. The standard InChI is InChI=1S/C14H14N2S/c1-11-12(2)16-14(15-11)17-10-6-9-13-7-4-3-5-8-13/h3-5,7-8H,10H2,1-2H3,(H,15,16). The van der Waals surface area contributed by atoms with E-state index in [2.05, 4.69) is 21.8 Å². The summed E-state index contributed by atoms with van der Waals surface area (Å²) in [5, 5.41) is 0.947. The zero-order valence-corrected chi connectivity index (χ0v) is 10.8. The molecule has 0 aliphatic rings. The number of aromatic amines is 1. The van der Waals surface area contributed by atoms with Gasteiger partial charge in [0.05, 0.1) is 11.4 Å². The Morgan fingerprint density at radius 1 is 1.24 bits per heavy atom. The van der Waals surface area contributed by atoms with Crippen molar-refractivity contribution in [3.63, 3.8) is 0 Å². The largest absolute Gasteiger partial charge is 0.337 e. The zero-order valence-electron chi connectivity index (χ0n) is 9.95.